The predicted octanol–water partition coefficient (Wildman–Crippen LogP) is 5.03. The van der Waals surface area contributed by atoms with Crippen LogP contribution in [0.2, 0.25) is 0 Å². The molecular formula is C27H32N2O3. The summed E-state index contributed by atoms with van der Waals surface area (Å²) in [5, 5.41) is 0. The second-order valence-electron chi connectivity index (χ2n) is 8.98. The maximum Gasteiger partial charge on any atom is 0.410 e. The number of nitrogens with zero attached hydrogens (tertiary/aromatic N) is 2. The predicted molar refractivity (Wildman–Crippen MR) is 125 cm³/mol. The Bertz CT molecular complexity index is 942. The van der Waals surface area contributed by atoms with Crippen LogP contribution in [0.15, 0.2) is 72.3 Å². The van der Waals surface area contributed by atoms with Crippen LogP contribution >= 0.6 is 0 Å². The fourth-order valence-electron chi connectivity index (χ4n) is 4.77. The molecule has 0 spiro atoms. The van der Waals surface area contributed by atoms with Gasteiger partial charge in [0.1, 0.15) is 6.61 Å². The number of ether oxygens (including phenoxy) is 1. The Labute approximate surface area is 190 Å². The topological polar surface area (TPSA) is 49.9 Å². The SMILES string of the molecule is CN(CC1=CC2CCC(=O)N(Cc3ccccc3)CC2CC1)C(=O)OCc1ccccc1. The lowest BCUT2D eigenvalue weighted by molar-refractivity contribution is -0.131. The number of benzene rings is 2. The fourth-order valence-corrected chi connectivity index (χ4v) is 4.77. The minimum absolute atomic E-state index is 0.250. The molecule has 4 rings (SSSR count). The second-order valence-corrected chi connectivity index (χ2v) is 8.98. The van der Waals surface area contributed by atoms with Crippen molar-refractivity contribution in [1.82, 2.24) is 9.80 Å². The molecule has 168 valence electrons. The van der Waals surface area contributed by atoms with E-state index >= 15 is 0 Å². The first kappa shape index (κ1) is 22.1. The molecule has 1 saturated heterocycles. The van der Waals surface area contributed by atoms with Crippen LogP contribution in [0.5, 0.6) is 0 Å². The van der Waals surface area contributed by atoms with Gasteiger partial charge in [-0.25, -0.2) is 4.79 Å². The Morgan fingerprint density at radius 3 is 2.41 bits per heavy atom. The summed E-state index contributed by atoms with van der Waals surface area (Å²) in [4.78, 5) is 28.8. The molecule has 32 heavy (non-hydrogen) atoms. The molecule has 2 unspecified atom stereocenters. The lowest BCUT2D eigenvalue weighted by atomic mass is 9.79. The Morgan fingerprint density at radius 2 is 1.69 bits per heavy atom. The van der Waals surface area contributed by atoms with Crippen molar-refractivity contribution in [2.75, 3.05) is 20.1 Å². The molecule has 1 heterocycles. The van der Waals surface area contributed by atoms with E-state index in [0.29, 0.717) is 31.3 Å². The van der Waals surface area contributed by atoms with E-state index in [1.165, 1.54) is 11.1 Å². The third-order valence-corrected chi connectivity index (χ3v) is 6.56. The second kappa shape index (κ2) is 10.5. The zero-order chi connectivity index (χ0) is 22.3. The van der Waals surface area contributed by atoms with Crippen molar-refractivity contribution in [3.8, 4) is 0 Å². The molecule has 0 radical (unpaired) electrons. The van der Waals surface area contributed by atoms with Crippen LogP contribution in [0, 0.1) is 11.8 Å². The third-order valence-electron chi connectivity index (χ3n) is 6.56. The zero-order valence-electron chi connectivity index (χ0n) is 18.8. The monoisotopic (exact) mass is 432 g/mol. The van der Waals surface area contributed by atoms with E-state index in [1.54, 1.807) is 11.9 Å². The van der Waals surface area contributed by atoms with Gasteiger partial charge in [-0.15, -0.1) is 0 Å². The smallest absolute Gasteiger partial charge is 0.410 e. The first-order valence-electron chi connectivity index (χ1n) is 11.5. The van der Waals surface area contributed by atoms with Gasteiger partial charge in [-0.3, -0.25) is 4.79 Å². The minimum atomic E-state index is -0.304. The van der Waals surface area contributed by atoms with Gasteiger partial charge in [0.15, 0.2) is 0 Å². The summed E-state index contributed by atoms with van der Waals surface area (Å²) in [5.41, 5.74) is 3.44. The molecule has 0 N–H and O–H groups in total. The quantitative estimate of drug-likeness (QED) is 0.602. The van der Waals surface area contributed by atoms with Crippen LogP contribution in [-0.2, 0) is 22.7 Å². The van der Waals surface area contributed by atoms with Gasteiger partial charge in [0.25, 0.3) is 0 Å². The molecule has 0 saturated carbocycles. The molecule has 2 aromatic carbocycles. The highest BCUT2D eigenvalue weighted by molar-refractivity contribution is 5.76. The van der Waals surface area contributed by atoms with Crippen molar-refractivity contribution in [1.29, 1.82) is 0 Å². The Kier molecular flexibility index (Phi) is 7.25. The third kappa shape index (κ3) is 5.78. The van der Waals surface area contributed by atoms with Crippen LogP contribution in [-0.4, -0.2) is 41.9 Å². The van der Waals surface area contributed by atoms with Gasteiger partial charge >= 0.3 is 6.09 Å². The molecule has 5 nitrogen and oxygen atoms in total. The van der Waals surface area contributed by atoms with Crippen LogP contribution < -0.4 is 0 Å². The van der Waals surface area contributed by atoms with Crippen LogP contribution in [0.4, 0.5) is 4.79 Å². The first-order valence-corrected chi connectivity index (χ1v) is 11.5. The molecule has 1 aliphatic carbocycles. The molecule has 1 aliphatic heterocycles. The first-order chi connectivity index (χ1) is 15.6. The van der Waals surface area contributed by atoms with Crippen molar-refractivity contribution in [3.63, 3.8) is 0 Å². The highest BCUT2D eigenvalue weighted by Crippen LogP contribution is 2.35. The van der Waals surface area contributed by atoms with Gasteiger partial charge in [0.2, 0.25) is 5.91 Å². The summed E-state index contributed by atoms with van der Waals surface area (Å²) in [7, 11) is 1.79. The van der Waals surface area contributed by atoms with Crippen molar-refractivity contribution < 1.29 is 14.3 Å². The van der Waals surface area contributed by atoms with Crippen molar-refractivity contribution in [2.24, 2.45) is 11.8 Å². The van der Waals surface area contributed by atoms with Gasteiger partial charge in [-0.05, 0) is 42.2 Å². The average Bonchev–Trinajstić information content (AvgIpc) is 2.97. The van der Waals surface area contributed by atoms with Gasteiger partial charge < -0.3 is 14.5 Å². The molecule has 2 atom stereocenters. The lowest BCUT2D eigenvalue weighted by Crippen LogP contribution is -2.35. The zero-order valence-corrected chi connectivity index (χ0v) is 18.8. The van der Waals surface area contributed by atoms with Crippen LogP contribution in [0.25, 0.3) is 0 Å². The van der Waals surface area contributed by atoms with Crippen LogP contribution in [0.1, 0.15) is 36.8 Å². The number of likely N-dealkylation sites (N-methyl/N-ethyl adjacent to an activating group) is 1. The normalized spacial score (nSPS) is 20.7. The molecule has 1 fully saturated rings. The number of rotatable bonds is 6. The Hall–Kier alpha value is -3.08. The number of carbonyl (C=O) groups is 2. The van der Waals surface area contributed by atoms with Crippen LogP contribution in [0.3, 0.4) is 0 Å². The summed E-state index contributed by atoms with van der Waals surface area (Å²) < 4.78 is 5.45. The van der Waals surface area contributed by atoms with Crippen molar-refractivity contribution in [3.05, 3.63) is 83.4 Å². The molecular weight excluding hydrogens is 400 g/mol. The summed E-state index contributed by atoms with van der Waals surface area (Å²) in [5.74, 6) is 1.14. The Morgan fingerprint density at radius 1 is 1.00 bits per heavy atom. The maximum absolute atomic E-state index is 12.7. The van der Waals surface area contributed by atoms with Gasteiger partial charge in [-0.1, -0.05) is 72.3 Å². The fraction of sp³-hybridized carbons (Fsp3) is 0.407. The number of fused-ring (bicyclic) bond motifs is 1. The molecule has 2 amide bonds. The summed E-state index contributed by atoms with van der Waals surface area (Å²) in [6, 6.07) is 19.9. The van der Waals surface area contributed by atoms with E-state index in [9.17, 15) is 9.59 Å². The Balaban J connectivity index is 1.32. The number of amides is 2. The van der Waals surface area contributed by atoms with Crippen molar-refractivity contribution in [2.45, 2.75) is 38.8 Å². The number of carbonyl (C=O) groups excluding carboxylic acids is 2. The maximum atomic E-state index is 12.7. The lowest BCUT2D eigenvalue weighted by Gasteiger charge is -2.32. The molecule has 5 heteroatoms. The van der Waals surface area contributed by atoms with E-state index in [4.69, 9.17) is 4.74 Å². The highest BCUT2D eigenvalue weighted by atomic mass is 16.6. The van der Waals surface area contributed by atoms with E-state index in [1.807, 2.05) is 53.4 Å². The number of likely N-dealkylation sites (tertiary alicyclic amines) is 1. The molecule has 0 bridgehead atoms. The van der Waals surface area contributed by atoms with E-state index < -0.39 is 0 Å². The minimum Gasteiger partial charge on any atom is -0.445 e. The summed E-state index contributed by atoms with van der Waals surface area (Å²) in [6.45, 7) is 2.37. The van der Waals surface area contributed by atoms with E-state index in [-0.39, 0.29) is 18.6 Å². The number of hydrogen-bond donors (Lipinski definition) is 0. The largest absolute Gasteiger partial charge is 0.445 e. The summed E-state index contributed by atoms with van der Waals surface area (Å²) >= 11 is 0. The summed E-state index contributed by atoms with van der Waals surface area (Å²) in [6.07, 6.45) is 5.52. The van der Waals surface area contributed by atoms with Gasteiger partial charge in [0, 0.05) is 33.1 Å². The number of hydrogen-bond acceptors (Lipinski definition) is 3. The standard InChI is InChI=1S/C27H32N2O3/c1-28(27(31)32-20-22-10-6-3-7-11-22)17-23-12-13-25-19-29(18-21-8-4-2-5-9-21)26(30)15-14-24(25)16-23/h2-11,16,24-25H,12-15,17-20H2,1H3. The highest BCUT2D eigenvalue weighted by Gasteiger charge is 2.32. The molecule has 2 aromatic rings. The van der Waals surface area contributed by atoms with Gasteiger partial charge in [-0.2, -0.15) is 0 Å². The molecule has 0 aromatic heterocycles. The van der Waals surface area contributed by atoms with E-state index in [2.05, 4.69) is 18.2 Å². The van der Waals surface area contributed by atoms with Crippen molar-refractivity contribution >= 4 is 12.0 Å². The molecule has 2 aliphatic rings. The number of allylic oxidation sites excluding steroid dienone is 1. The van der Waals surface area contributed by atoms with Gasteiger partial charge in [0.05, 0.1) is 0 Å². The average molecular weight is 433 g/mol. The van der Waals surface area contributed by atoms with E-state index in [0.717, 1.165) is 31.4 Å².